The molecule has 0 aliphatic rings. The van der Waals surface area contributed by atoms with Crippen LogP contribution in [0.4, 0.5) is 5.69 Å². The van der Waals surface area contributed by atoms with Gasteiger partial charge in [0.05, 0.1) is 6.04 Å². The molecule has 0 spiro atoms. The summed E-state index contributed by atoms with van der Waals surface area (Å²) in [6.07, 6.45) is 7.62. The molecule has 1 aromatic carbocycles. The van der Waals surface area contributed by atoms with Crippen LogP contribution < -0.4 is 5.32 Å². The van der Waals surface area contributed by atoms with E-state index < -0.39 is 0 Å². The van der Waals surface area contributed by atoms with Crippen molar-refractivity contribution in [2.45, 2.75) is 65.3 Å². The van der Waals surface area contributed by atoms with Crippen molar-refractivity contribution < 1.29 is 0 Å². The Hall–Kier alpha value is -1.42. The molecule has 0 saturated heterocycles. The number of aryl methyl sites for hydroxylation is 1. The second-order valence-electron chi connectivity index (χ2n) is 5.22. The number of unbranched alkanes of at least 4 members (excludes halogenated alkanes) is 5. The lowest BCUT2D eigenvalue weighted by Gasteiger charge is -2.09. The third-order valence-electron chi connectivity index (χ3n) is 3.16. The van der Waals surface area contributed by atoms with Gasteiger partial charge in [0.25, 0.3) is 0 Å². The third-order valence-corrected chi connectivity index (χ3v) is 3.16. The standard InChI is InChI=1S/C18H27N/c1-4-5-6-7-8-9-10-11-17(3)19-18-14-12-16(2)13-15-18/h12-15,17,19H,4-9H2,1-3H3. The van der Waals surface area contributed by atoms with Gasteiger partial charge in [0, 0.05) is 12.1 Å². The van der Waals surface area contributed by atoms with E-state index in [4.69, 9.17) is 0 Å². The van der Waals surface area contributed by atoms with Gasteiger partial charge >= 0.3 is 0 Å². The molecule has 0 heterocycles. The van der Waals surface area contributed by atoms with Gasteiger partial charge in [-0.1, -0.05) is 56.2 Å². The molecular weight excluding hydrogens is 230 g/mol. The van der Waals surface area contributed by atoms with E-state index in [0.29, 0.717) is 0 Å². The first kappa shape index (κ1) is 15.6. The van der Waals surface area contributed by atoms with Crippen LogP contribution in [0.2, 0.25) is 0 Å². The Morgan fingerprint density at radius 1 is 1.05 bits per heavy atom. The van der Waals surface area contributed by atoms with Gasteiger partial charge in [-0.2, -0.15) is 0 Å². The van der Waals surface area contributed by atoms with Crippen LogP contribution in [0.25, 0.3) is 0 Å². The van der Waals surface area contributed by atoms with Crippen LogP contribution in [-0.4, -0.2) is 6.04 Å². The minimum atomic E-state index is 0.221. The van der Waals surface area contributed by atoms with Gasteiger partial charge < -0.3 is 5.32 Å². The van der Waals surface area contributed by atoms with Crippen molar-refractivity contribution in [2.24, 2.45) is 0 Å². The number of hydrogen-bond donors (Lipinski definition) is 1. The summed E-state index contributed by atoms with van der Waals surface area (Å²) in [7, 11) is 0. The number of anilines is 1. The van der Waals surface area contributed by atoms with E-state index in [2.05, 4.69) is 62.2 Å². The molecule has 0 aliphatic heterocycles. The Morgan fingerprint density at radius 3 is 2.42 bits per heavy atom. The van der Waals surface area contributed by atoms with Crippen molar-refractivity contribution in [1.82, 2.24) is 0 Å². The zero-order valence-electron chi connectivity index (χ0n) is 12.6. The van der Waals surface area contributed by atoms with Crippen molar-refractivity contribution in [2.75, 3.05) is 5.32 Å². The van der Waals surface area contributed by atoms with E-state index in [0.717, 1.165) is 12.1 Å². The smallest absolute Gasteiger partial charge is 0.0848 e. The summed E-state index contributed by atoms with van der Waals surface area (Å²) >= 11 is 0. The second-order valence-corrected chi connectivity index (χ2v) is 5.22. The first-order chi connectivity index (χ1) is 9.22. The summed E-state index contributed by atoms with van der Waals surface area (Å²) in [5.74, 6) is 6.56. The Morgan fingerprint density at radius 2 is 1.74 bits per heavy atom. The molecule has 0 saturated carbocycles. The normalized spacial score (nSPS) is 11.5. The number of benzene rings is 1. The number of rotatable bonds is 7. The van der Waals surface area contributed by atoms with Crippen molar-refractivity contribution >= 4 is 5.69 Å². The number of nitrogens with one attached hydrogen (secondary N) is 1. The Bertz CT molecular complexity index is 394. The van der Waals surface area contributed by atoms with E-state index in [-0.39, 0.29) is 6.04 Å². The van der Waals surface area contributed by atoms with Crippen LogP contribution in [0.15, 0.2) is 24.3 Å². The molecule has 0 aromatic heterocycles. The maximum Gasteiger partial charge on any atom is 0.0848 e. The average molecular weight is 257 g/mol. The summed E-state index contributed by atoms with van der Waals surface area (Å²) < 4.78 is 0. The number of hydrogen-bond acceptors (Lipinski definition) is 1. The Balaban J connectivity index is 2.20. The van der Waals surface area contributed by atoms with E-state index in [1.807, 2.05) is 0 Å². The van der Waals surface area contributed by atoms with Gasteiger partial charge in [0.15, 0.2) is 0 Å². The SMILES string of the molecule is CCCCCCCC#CC(C)Nc1ccc(C)cc1. The van der Waals surface area contributed by atoms with E-state index in [1.54, 1.807) is 0 Å². The first-order valence-corrected chi connectivity index (χ1v) is 7.54. The predicted octanol–water partition coefficient (Wildman–Crippen LogP) is 5.16. The summed E-state index contributed by atoms with van der Waals surface area (Å²) in [5.41, 5.74) is 2.44. The molecule has 0 fully saturated rings. The van der Waals surface area contributed by atoms with E-state index in [1.165, 1.54) is 37.7 Å². The van der Waals surface area contributed by atoms with Gasteiger partial charge in [-0.05, 0) is 32.4 Å². The summed E-state index contributed by atoms with van der Waals surface area (Å²) in [5, 5.41) is 3.41. The maximum atomic E-state index is 3.41. The van der Waals surface area contributed by atoms with Crippen molar-refractivity contribution in [3.05, 3.63) is 29.8 Å². The Kier molecular flexibility index (Phi) is 7.82. The molecule has 19 heavy (non-hydrogen) atoms. The molecule has 0 aliphatic carbocycles. The lowest BCUT2D eigenvalue weighted by Crippen LogP contribution is -2.12. The van der Waals surface area contributed by atoms with Gasteiger partial charge in [0.1, 0.15) is 0 Å². The van der Waals surface area contributed by atoms with E-state index in [9.17, 15) is 0 Å². The summed E-state index contributed by atoms with van der Waals surface area (Å²) in [4.78, 5) is 0. The first-order valence-electron chi connectivity index (χ1n) is 7.54. The van der Waals surface area contributed by atoms with Crippen LogP contribution in [0.3, 0.4) is 0 Å². The third kappa shape index (κ3) is 7.57. The molecule has 1 heteroatoms. The molecule has 1 N–H and O–H groups in total. The van der Waals surface area contributed by atoms with Crippen molar-refractivity contribution in [3.63, 3.8) is 0 Å². The van der Waals surface area contributed by atoms with Gasteiger partial charge in [-0.3, -0.25) is 0 Å². The molecule has 0 bridgehead atoms. The largest absolute Gasteiger partial charge is 0.372 e. The molecule has 1 atom stereocenters. The fourth-order valence-corrected chi connectivity index (χ4v) is 1.98. The maximum absolute atomic E-state index is 3.41. The minimum absolute atomic E-state index is 0.221. The molecule has 1 aromatic rings. The topological polar surface area (TPSA) is 12.0 Å². The van der Waals surface area contributed by atoms with Crippen LogP contribution >= 0.6 is 0 Å². The fraction of sp³-hybridized carbons (Fsp3) is 0.556. The molecule has 0 amide bonds. The predicted molar refractivity (Wildman–Crippen MR) is 85.4 cm³/mol. The lowest BCUT2D eigenvalue weighted by molar-refractivity contribution is 0.641. The highest BCUT2D eigenvalue weighted by molar-refractivity contribution is 5.46. The molecule has 1 nitrogen and oxygen atoms in total. The highest BCUT2D eigenvalue weighted by atomic mass is 14.9. The highest BCUT2D eigenvalue weighted by Gasteiger charge is 1.96. The van der Waals surface area contributed by atoms with Crippen LogP contribution in [-0.2, 0) is 0 Å². The highest BCUT2D eigenvalue weighted by Crippen LogP contribution is 2.09. The fourth-order valence-electron chi connectivity index (χ4n) is 1.98. The second kappa shape index (κ2) is 9.50. The zero-order chi connectivity index (χ0) is 13.9. The average Bonchev–Trinajstić information content (AvgIpc) is 2.40. The zero-order valence-corrected chi connectivity index (χ0v) is 12.6. The molecule has 1 unspecified atom stereocenters. The van der Waals surface area contributed by atoms with Crippen LogP contribution in [0.1, 0.15) is 57.9 Å². The van der Waals surface area contributed by atoms with Crippen molar-refractivity contribution in [3.8, 4) is 11.8 Å². The molecule has 104 valence electrons. The molecule has 1 rings (SSSR count). The molecule has 0 radical (unpaired) electrons. The van der Waals surface area contributed by atoms with Gasteiger partial charge in [0.2, 0.25) is 0 Å². The monoisotopic (exact) mass is 257 g/mol. The summed E-state index contributed by atoms with van der Waals surface area (Å²) in [6.45, 7) is 6.47. The van der Waals surface area contributed by atoms with Gasteiger partial charge in [-0.15, -0.1) is 5.92 Å². The summed E-state index contributed by atoms with van der Waals surface area (Å²) in [6, 6.07) is 8.68. The lowest BCUT2D eigenvalue weighted by atomic mass is 10.1. The van der Waals surface area contributed by atoms with Crippen LogP contribution in [0, 0.1) is 18.8 Å². The minimum Gasteiger partial charge on any atom is -0.372 e. The van der Waals surface area contributed by atoms with Crippen molar-refractivity contribution in [1.29, 1.82) is 0 Å². The molecular formula is C18H27N. The quantitative estimate of drug-likeness (QED) is 0.525. The van der Waals surface area contributed by atoms with Gasteiger partial charge in [-0.25, -0.2) is 0 Å². The van der Waals surface area contributed by atoms with E-state index >= 15 is 0 Å². The van der Waals surface area contributed by atoms with Crippen LogP contribution in [0.5, 0.6) is 0 Å². The Labute approximate surface area is 118 Å².